The van der Waals surface area contributed by atoms with E-state index in [4.69, 9.17) is 0 Å². The van der Waals surface area contributed by atoms with Crippen LogP contribution in [-0.2, 0) is 6.42 Å². The number of nitrogens with zero attached hydrogens (tertiary/aromatic N) is 2. The fourth-order valence-electron chi connectivity index (χ4n) is 2.10. The Morgan fingerprint density at radius 2 is 2.10 bits per heavy atom. The maximum Gasteiger partial charge on any atom is 0.137 e. The van der Waals surface area contributed by atoms with Crippen molar-refractivity contribution < 1.29 is 4.39 Å². The summed E-state index contributed by atoms with van der Waals surface area (Å²) >= 11 is 3.23. The highest BCUT2D eigenvalue weighted by molar-refractivity contribution is 9.10. The molecule has 5 heteroatoms. The van der Waals surface area contributed by atoms with Gasteiger partial charge in [0.25, 0.3) is 0 Å². The first-order valence-corrected chi connectivity index (χ1v) is 7.46. The van der Waals surface area contributed by atoms with Crippen molar-refractivity contribution in [3.8, 4) is 0 Å². The Hall–Kier alpha value is -1.20. The molecule has 0 saturated heterocycles. The molecule has 0 aliphatic heterocycles. The molecule has 108 valence electrons. The Kier molecular flexibility index (Phi) is 4.94. The lowest BCUT2D eigenvalue weighted by molar-refractivity contribution is 0.514. The summed E-state index contributed by atoms with van der Waals surface area (Å²) in [6.07, 6.45) is 2.77. The lowest BCUT2D eigenvalue weighted by atomic mass is 10.0. The van der Waals surface area contributed by atoms with Crippen molar-refractivity contribution in [2.75, 3.05) is 7.05 Å². The van der Waals surface area contributed by atoms with Gasteiger partial charge in [0.05, 0.1) is 10.2 Å². The van der Waals surface area contributed by atoms with Crippen LogP contribution < -0.4 is 5.32 Å². The van der Waals surface area contributed by atoms with Crippen LogP contribution in [0, 0.1) is 5.82 Å². The summed E-state index contributed by atoms with van der Waals surface area (Å²) in [4.78, 5) is 0. The van der Waals surface area contributed by atoms with Gasteiger partial charge in [-0.3, -0.25) is 4.68 Å². The fourth-order valence-corrected chi connectivity index (χ4v) is 2.50. The summed E-state index contributed by atoms with van der Waals surface area (Å²) in [5.74, 6) is -0.243. The third-order valence-corrected chi connectivity index (χ3v) is 3.91. The molecule has 1 atom stereocenters. The second kappa shape index (κ2) is 6.50. The molecule has 1 heterocycles. The number of aromatic nitrogens is 2. The van der Waals surface area contributed by atoms with E-state index in [-0.39, 0.29) is 11.9 Å². The molecule has 1 unspecified atom stereocenters. The van der Waals surface area contributed by atoms with E-state index in [1.165, 1.54) is 6.07 Å². The Labute approximate surface area is 127 Å². The van der Waals surface area contributed by atoms with E-state index in [1.807, 2.05) is 30.1 Å². The minimum absolute atomic E-state index is 0.113. The molecule has 1 N–H and O–H groups in total. The zero-order valence-corrected chi connectivity index (χ0v) is 13.5. The van der Waals surface area contributed by atoms with E-state index < -0.39 is 0 Å². The molecule has 0 aliphatic carbocycles. The van der Waals surface area contributed by atoms with Crippen LogP contribution in [-0.4, -0.2) is 16.8 Å². The monoisotopic (exact) mass is 339 g/mol. The Balaban J connectivity index is 2.17. The zero-order valence-electron chi connectivity index (χ0n) is 11.9. The van der Waals surface area contributed by atoms with E-state index in [0.29, 0.717) is 10.5 Å². The van der Waals surface area contributed by atoms with Gasteiger partial charge in [-0.05, 0) is 60.6 Å². The van der Waals surface area contributed by atoms with Crippen molar-refractivity contribution in [1.82, 2.24) is 15.1 Å². The average molecular weight is 340 g/mol. The first kappa shape index (κ1) is 15.2. The largest absolute Gasteiger partial charge is 0.313 e. The predicted molar refractivity (Wildman–Crippen MR) is 82.2 cm³/mol. The summed E-state index contributed by atoms with van der Waals surface area (Å²) in [5, 5.41) is 7.81. The van der Waals surface area contributed by atoms with Crippen LogP contribution >= 0.6 is 15.9 Å². The molecule has 1 aromatic heterocycles. The second-order valence-corrected chi connectivity index (χ2v) is 5.95. The van der Waals surface area contributed by atoms with Crippen LogP contribution in [0.2, 0.25) is 0 Å². The molecule has 0 fully saturated rings. The third-order valence-electron chi connectivity index (χ3n) is 3.30. The van der Waals surface area contributed by atoms with Crippen LogP contribution in [0.15, 0.2) is 34.9 Å². The van der Waals surface area contributed by atoms with Gasteiger partial charge in [-0.15, -0.1) is 0 Å². The van der Waals surface area contributed by atoms with Gasteiger partial charge in [0.1, 0.15) is 5.82 Å². The van der Waals surface area contributed by atoms with E-state index in [0.717, 1.165) is 17.7 Å². The first-order chi connectivity index (χ1) is 9.51. The highest BCUT2D eigenvalue weighted by Gasteiger charge is 2.14. The maximum absolute atomic E-state index is 13.3. The van der Waals surface area contributed by atoms with Crippen molar-refractivity contribution in [2.45, 2.75) is 32.4 Å². The number of halogens is 2. The third kappa shape index (κ3) is 3.46. The van der Waals surface area contributed by atoms with Gasteiger partial charge in [0.15, 0.2) is 0 Å². The van der Waals surface area contributed by atoms with Crippen molar-refractivity contribution in [2.24, 2.45) is 0 Å². The van der Waals surface area contributed by atoms with Gasteiger partial charge in [-0.1, -0.05) is 6.07 Å². The summed E-state index contributed by atoms with van der Waals surface area (Å²) in [6, 6.07) is 7.61. The molecule has 0 saturated carbocycles. The quantitative estimate of drug-likeness (QED) is 0.896. The molecule has 1 aromatic carbocycles. The molecule has 0 bridgehead atoms. The minimum Gasteiger partial charge on any atom is -0.313 e. The second-order valence-electron chi connectivity index (χ2n) is 5.10. The molecular formula is C15H19BrFN3. The maximum atomic E-state index is 13.3. The van der Waals surface area contributed by atoms with Crippen molar-refractivity contribution in [3.05, 3.63) is 52.0 Å². The molecular weight excluding hydrogens is 321 g/mol. The number of nitrogens with one attached hydrogen (secondary N) is 1. The van der Waals surface area contributed by atoms with Crippen LogP contribution in [0.3, 0.4) is 0 Å². The molecule has 0 aliphatic rings. The molecule has 0 radical (unpaired) electrons. The topological polar surface area (TPSA) is 29.9 Å². The summed E-state index contributed by atoms with van der Waals surface area (Å²) in [5.41, 5.74) is 2.07. The Bertz CT molecular complexity index is 580. The summed E-state index contributed by atoms with van der Waals surface area (Å²) in [7, 11) is 1.90. The van der Waals surface area contributed by atoms with Gasteiger partial charge < -0.3 is 5.32 Å². The molecule has 0 spiro atoms. The fraction of sp³-hybridized carbons (Fsp3) is 0.400. The molecule has 2 aromatic rings. The van der Waals surface area contributed by atoms with Crippen LogP contribution in [0.25, 0.3) is 0 Å². The van der Waals surface area contributed by atoms with Crippen molar-refractivity contribution >= 4 is 15.9 Å². The van der Waals surface area contributed by atoms with E-state index in [1.54, 1.807) is 6.07 Å². The lowest BCUT2D eigenvalue weighted by Gasteiger charge is -2.16. The number of benzene rings is 1. The molecule has 3 nitrogen and oxygen atoms in total. The molecule has 20 heavy (non-hydrogen) atoms. The SMILES string of the molecule is CNC(Cc1ccn(C(C)C)n1)c1ccc(F)c(Br)c1. The standard InChI is InChI=1S/C15H19BrFN3/c1-10(2)20-7-6-12(19-20)9-15(18-3)11-4-5-14(17)13(16)8-11/h4-8,10,15,18H,9H2,1-3H3. The van der Waals surface area contributed by atoms with Crippen LogP contribution in [0.1, 0.15) is 37.2 Å². The Morgan fingerprint density at radius 1 is 1.35 bits per heavy atom. The minimum atomic E-state index is -0.243. The summed E-state index contributed by atoms with van der Waals surface area (Å²) in [6.45, 7) is 4.20. The number of hydrogen-bond donors (Lipinski definition) is 1. The van der Waals surface area contributed by atoms with Crippen LogP contribution in [0.4, 0.5) is 4.39 Å². The number of likely N-dealkylation sites (N-methyl/N-ethyl adjacent to an activating group) is 1. The van der Waals surface area contributed by atoms with Crippen molar-refractivity contribution in [1.29, 1.82) is 0 Å². The highest BCUT2D eigenvalue weighted by atomic mass is 79.9. The first-order valence-electron chi connectivity index (χ1n) is 6.67. The van der Waals surface area contributed by atoms with Gasteiger partial charge in [0, 0.05) is 24.7 Å². The van der Waals surface area contributed by atoms with Crippen molar-refractivity contribution in [3.63, 3.8) is 0 Å². The van der Waals surface area contributed by atoms with E-state index in [9.17, 15) is 4.39 Å². The predicted octanol–water partition coefficient (Wildman–Crippen LogP) is 3.87. The highest BCUT2D eigenvalue weighted by Crippen LogP contribution is 2.23. The number of hydrogen-bond acceptors (Lipinski definition) is 2. The van der Waals surface area contributed by atoms with Gasteiger partial charge in [0.2, 0.25) is 0 Å². The lowest BCUT2D eigenvalue weighted by Crippen LogP contribution is -2.19. The normalized spacial score (nSPS) is 12.9. The smallest absolute Gasteiger partial charge is 0.137 e. The average Bonchev–Trinajstić information content (AvgIpc) is 2.88. The zero-order chi connectivity index (χ0) is 14.7. The van der Waals surface area contributed by atoms with E-state index in [2.05, 4.69) is 40.2 Å². The molecule has 0 amide bonds. The Morgan fingerprint density at radius 3 is 2.65 bits per heavy atom. The van der Waals surface area contributed by atoms with Gasteiger partial charge in [-0.2, -0.15) is 5.10 Å². The molecule has 2 rings (SSSR count). The van der Waals surface area contributed by atoms with Crippen LogP contribution in [0.5, 0.6) is 0 Å². The summed E-state index contributed by atoms with van der Waals surface area (Å²) < 4.78 is 15.7. The number of rotatable bonds is 5. The van der Waals surface area contributed by atoms with Gasteiger partial charge in [-0.25, -0.2) is 4.39 Å². The van der Waals surface area contributed by atoms with E-state index >= 15 is 0 Å². The van der Waals surface area contributed by atoms with Gasteiger partial charge >= 0.3 is 0 Å².